The van der Waals surface area contributed by atoms with Gasteiger partial charge in [0.2, 0.25) is 0 Å². The average Bonchev–Trinajstić information content (AvgIpc) is 2.52. The van der Waals surface area contributed by atoms with E-state index in [9.17, 15) is 0 Å². The van der Waals surface area contributed by atoms with Gasteiger partial charge in [-0.3, -0.25) is 4.90 Å². The number of aryl methyl sites for hydroxylation is 1. The lowest BCUT2D eigenvalue weighted by molar-refractivity contribution is 0.326. The highest BCUT2D eigenvalue weighted by atomic mass is 15.1. The molecular formula is C9H18N4. The largest absolute Gasteiger partial charge is 0.334 e. The zero-order chi connectivity index (χ0) is 9.68. The van der Waals surface area contributed by atoms with Crippen molar-refractivity contribution in [3.05, 3.63) is 18.2 Å². The zero-order valence-electron chi connectivity index (χ0n) is 8.40. The lowest BCUT2D eigenvalue weighted by Crippen LogP contribution is -2.25. The van der Waals surface area contributed by atoms with Crippen LogP contribution in [0, 0.1) is 0 Å². The van der Waals surface area contributed by atoms with E-state index < -0.39 is 0 Å². The van der Waals surface area contributed by atoms with Gasteiger partial charge < -0.3 is 10.3 Å². The number of hydrogen-bond acceptors (Lipinski definition) is 3. The van der Waals surface area contributed by atoms with Gasteiger partial charge in [-0.15, -0.1) is 0 Å². The van der Waals surface area contributed by atoms with E-state index in [4.69, 9.17) is 5.73 Å². The van der Waals surface area contributed by atoms with Gasteiger partial charge in [0.1, 0.15) is 0 Å². The van der Waals surface area contributed by atoms with Gasteiger partial charge in [0.05, 0.1) is 12.0 Å². The first-order valence-electron chi connectivity index (χ1n) is 4.65. The zero-order valence-corrected chi connectivity index (χ0v) is 8.40. The molecule has 0 aliphatic rings. The third-order valence-corrected chi connectivity index (χ3v) is 2.08. The van der Waals surface area contributed by atoms with Crippen LogP contribution in [0.25, 0.3) is 0 Å². The van der Waals surface area contributed by atoms with Crippen molar-refractivity contribution in [1.82, 2.24) is 14.5 Å². The van der Waals surface area contributed by atoms with Crippen LogP contribution in [-0.4, -0.2) is 34.6 Å². The van der Waals surface area contributed by atoms with Gasteiger partial charge in [-0.05, 0) is 14.0 Å². The minimum Gasteiger partial charge on any atom is -0.334 e. The molecule has 1 rings (SSSR count). The molecule has 1 aromatic heterocycles. The Hall–Kier alpha value is -0.870. The minimum absolute atomic E-state index is 0.705. The molecule has 2 N–H and O–H groups in total. The van der Waals surface area contributed by atoms with Crippen LogP contribution in [-0.2, 0) is 13.1 Å². The maximum absolute atomic E-state index is 5.46. The molecule has 0 radical (unpaired) electrons. The second kappa shape index (κ2) is 4.99. The molecule has 4 heteroatoms. The maximum atomic E-state index is 5.46. The van der Waals surface area contributed by atoms with Gasteiger partial charge in [0.25, 0.3) is 0 Å². The van der Waals surface area contributed by atoms with Gasteiger partial charge in [0, 0.05) is 32.4 Å². The van der Waals surface area contributed by atoms with Crippen molar-refractivity contribution in [3.8, 4) is 0 Å². The van der Waals surface area contributed by atoms with Gasteiger partial charge in [-0.2, -0.15) is 0 Å². The summed E-state index contributed by atoms with van der Waals surface area (Å²) in [6.45, 7) is 5.65. The lowest BCUT2D eigenvalue weighted by atomic mass is 10.4. The Bertz CT molecular complexity index is 244. The monoisotopic (exact) mass is 182 g/mol. The number of aromatic nitrogens is 2. The molecule has 0 bridgehead atoms. The Kier molecular flexibility index (Phi) is 3.92. The highest BCUT2D eigenvalue weighted by Crippen LogP contribution is 2.02. The van der Waals surface area contributed by atoms with Crippen LogP contribution in [0.4, 0.5) is 0 Å². The van der Waals surface area contributed by atoms with Crippen LogP contribution in [0.2, 0.25) is 0 Å². The fraction of sp³-hybridized carbons (Fsp3) is 0.667. The first kappa shape index (κ1) is 10.2. The second-order valence-electron chi connectivity index (χ2n) is 3.20. The Labute approximate surface area is 79.4 Å². The summed E-state index contributed by atoms with van der Waals surface area (Å²) in [6.07, 6.45) is 3.78. The van der Waals surface area contributed by atoms with E-state index in [0.717, 1.165) is 19.6 Å². The molecule has 0 fully saturated rings. The molecule has 74 valence electrons. The van der Waals surface area contributed by atoms with Crippen LogP contribution in [0.15, 0.2) is 12.5 Å². The molecule has 0 atom stereocenters. The van der Waals surface area contributed by atoms with E-state index >= 15 is 0 Å². The number of nitrogens with zero attached hydrogens (tertiary/aromatic N) is 3. The lowest BCUT2D eigenvalue weighted by Gasteiger charge is -2.15. The van der Waals surface area contributed by atoms with Crippen LogP contribution >= 0.6 is 0 Å². The van der Waals surface area contributed by atoms with Crippen LogP contribution < -0.4 is 5.73 Å². The van der Waals surface area contributed by atoms with E-state index in [0.29, 0.717) is 6.54 Å². The second-order valence-corrected chi connectivity index (χ2v) is 3.20. The van der Waals surface area contributed by atoms with Gasteiger partial charge in [-0.1, -0.05) is 0 Å². The molecule has 0 spiro atoms. The van der Waals surface area contributed by atoms with Gasteiger partial charge >= 0.3 is 0 Å². The van der Waals surface area contributed by atoms with Crippen LogP contribution in [0.3, 0.4) is 0 Å². The summed E-state index contributed by atoms with van der Waals surface area (Å²) in [6, 6.07) is 0. The normalized spacial score (nSPS) is 11.1. The molecular weight excluding hydrogens is 164 g/mol. The number of rotatable bonds is 5. The Morgan fingerprint density at radius 1 is 1.62 bits per heavy atom. The van der Waals surface area contributed by atoms with Crippen molar-refractivity contribution in [2.75, 3.05) is 20.1 Å². The molecule has 13 heavy (non-hydrogen) atoms. The van der Waals surface area contributed by atoms with Crippen molar-refractivity contribution in [1.29, 1.82) is 0 Å². The summed E-state index contributed by atoms with van der Waals surface area (Å²) < 4.78 is 2.15. The predicted octanol–water partition coefficient (Wildman–Crippen LogP) is 0.293. The maximum Gasteiger partial charge on any atom is 0.0948 e. The van der Waals surface area contributed by atoms with Crippen molar-refractivity contribution >= 4 is 0 Å². The molecule has 4 nitrogen and oxygen atoms in total. The van der Waals surface area contributed by atoms with Gasteiger partial charge in [0.15, 0.2) is 0 Å². The molecule has 1 aromatic rings. The molecule has 0 unspecified atom stereocenters. The molecule has 0 saturated carbocycles. The molecule has 0 aromatic carbocycles. The molecule has 1 heterocycles. The summed E-state index contributed by atoms with van der Waals surface area (Å²) in [5.41, 5.74) is 6.71. The van der Waals surface area contributed by atoms with Crippen molar-refractivity contribution in [3.63, 3.8) is 0 Å². The third-order valence-electron chi connectivity index (χ3n) is 2.08. The van der Waals surface area contributed by atoms with Crippen molar-refractivity contribution in [2.45, 2.75) is 20.0 Å². The van der Waals surface area contributed by atoms with E-state index in [1.54, 1.807) is 0 Å². The fourth-order valence-corrected chi connectivity index (χ4v) is 1.34. The van der Waals surface area contributed by atoms with Crippen molar-refractivity contribution in [2.24, 2.45) is 5.73 Å². The Morgan fingerprint density at radius 3 is 3.00 bits per heavy atom. The SMILES string of the molecule is CCn1cncc1CN(C)CCN. The quantitative estimate of drug-likeness (QED) is 0.712. The highest BCUT2D eigenvalue weighted by Gasteiger charge is 2.03. The molecule has 0 aliphatic carbocycles. The smallest absolute Gasteiger partial charge is 0.0948 e. The standard InChI is InChI=1S/C9H18N4/c1-3-13-8-11-6-9(13)7-12(2)5-4-10/h6,8H,3-5,7,10H2,1-2H3. The first-order valence-corrected chi connectivity index (χ1v) is 4.65. The Morgan fingerprint density at radius 2 is 2.38 bits per heavy atom. The van der Waals surface area contributed by atoms with Crippen LogP contribution in [0.5, 0.6) is 0 Å². The fourth-order valence-electron chi connectivity index (χ4n) is 1.34. The van der Waals surface area contributed by atoms with Crippen LogP contribution in [0.1, 0.15) is 12.6 Å². The number of likely N-dealkylation sites (N-methyl/N-ethyl adjacent to an activating group) is 1. The summed E-state index contributed by atoms with van der Waals surface area (Å²) in [5.74, 6) is 0. The summed E-state index contributed by atoms with van der Waals surface area (Å²) in [7, 11) is 2.07. The predicted molar refractivity (Wildman–Crippen MR) is 53.3 cm³/mol. The average molecular weight is 182 g/mol. The minimum atomic E-state index is 0.705. The summed E-state index contributed by atoms with van der Waals surface area (Å²) >= 11 is 0. The summed E-state index contributed by atoms with van der Waals surface area (Å²) in [4.78, 5) is 6.31. The highest BCUT2D eigenvalue weighted by molar-refractivity contribution is 4.97. The molecule has 0 saturated heterocycles. The summed E-state index contributed by atoms with van der Waals surface area (Å²) in [5, 5.41) is 0. The van der Waals surface area contributed by atoms with E-state index in [1.165, 1.54) is 5.69 Å². The topological polar surface area (TPSA) is 47.1 Å². The van der Waals surface area contributed by atoms with Crippen molar-refractivity contribution < 1.29 is 0 Å². The molecule has 0 aliphatic heterocycles. The van der Waals surface area contributed by atoms with E-state index in [2.05, 4.69) is 28.4 Å². The first-order chi connectivity index (χ1) is 6.27. The van der Waals surface area contributed by atoms with E-state index in [-0.39, 0.29) is 0 Å². The molecule has 0 amide bonds. The third kappa shape index (κ3) is 2.82. The van der Waals surface area contributed by atoms with Gasteiger partial charge in [-0.25, -0.2) is 4.98 Å². The number of hydrogen-bond donors (Lipinski definition) is 1. The number of imidazole rings is 1. The van der Waals surface area contributed by atoms with E-state index in [1.807, 2.05) is 12.5 Å². The number of nitrogens with two attached hydrogens (primary N) is 1. The Balaban J connectivity index is 2.52.